The maximum Gasteiger partial charge on any atom is 0.337 e. The summed E-state index contributed by atoms with van der Waals surface area (Å²) < 4.78 is 15.8. The van der Waals surface area contributed by atoms with Gasteiger partial charge in [0, 0.05) is 6.54 Å². The van der Waals surface area contributed by atoms with Crippen molar-refractivity contribution in [3.05, 3.63) is 101 Å². The van der Waals surface area contributed by atoms with E-state index in [0.717, 1.165) is 42.4 Å². The zero-order chi connectivity index (χ0) is 29.5. The summed E-state index contributed by atoms with van der Waals surface area (Å²) in [5.74, 6) is 0.312. The predicted molar refractivity (Wildman–Crippen MR) is 157 cm³/mol. The van der Waals surface area contributed by atoms with Gasteiger partial charge in [-0.25, -0.2) is 9.80 Å². The molecule has 0 radical (unpaired) electrons. The van der Waals surface area contributed by atoms with Crippen LogP contribution in [-0.4, -0.2) is 49.5 Å². The van der Waals surface area contributed by atoms with Gasteiger partial charge in [0.1, 0.15) is 5.75 Å². The number of nitrogens with one attached hydrogen (secondary N) is 1. The number of hydrazone groups is 1. The van der Waals surface area contributed by atoms with Crippen molar-refractivity contribution in [3.8, 4) is 5.75 Å². The molecule has 9 heteroatoms. The Labute approximate surface area is 245 Å². The third kappa shape index (κ3) is 6.62. The van der Waals surface area contributed by atoms with Crippen LogP contribution >= 0.6 is 0 Å². The molecule has 3 aromatic carbocycles. The third-order valence-electron chi connectivity index (χ3n) is 7.84. The monoisotopic (exact) mass is 569 g/mol. The second-order valence-corrected chi connectivity index (χ2v) is 10.5. The molecule has 0 spiro atoms. The number of para-hydroxylation sites is 1. The van der Waals surface area contributed by atoms with Crippen LogP contribution in [0, 0.1) is 5.92 Å². The number of methoxy groups -OCH3 is 2. The van der Waals surface area contributed by atoms with Crippen LogP contribution in [0.5, 0.6) is 5.75 Å². The van der Waals surface area contributed by atoms with Crippen LogP contribution in [0.3, 0.4) is 0 Å². The Morgan fingerprint density at radius 2 is 1.67 bits per heavy atom. The topological polar surface area (TPSA) is 107 Å². The number of nitrogens with zero attached hydrogens (tertiary/aromatic N) is 2. The van der Waals surface area contributed by atoms with Gasteiger partial charge in [0.25, 0.3) is 5.91 Å². The molecular weight excluding hydrogens is 534 g/mol. The zero-order valence-corrected chi connectivity index (χ0v) is 23.9. The van der Waals surface area contributed by atoms with Crippen molar-refractivity contribution >= 4 is 23.7 Å². The minimum atomic E-state index is -0.392. The van der Waals surface area contributed by atoms with Gasteiger partial charge in [-0.05, 0) is 59.7 Å². The summed E-state index contributed by atoms with van der Waals surface area (Å²) in [4.78, 5) is 37.8. The molecule has 0 aromatic heterocycles. The zero-order valence-electron chi connectivity index (χ0n) is 23.9. The molecule has 0 saturated heterocycles. The molecule has 1 atom stereocenters. The Hall–Kier alpha value is -4.66. The van der Waals surface area contributed by atoms with Crippen molar-refractivity contribution < 1.29 is 28.6 Å². The van der Waals surface area contributed by atoms with E-state index in [1.54, 1.807) is 19.2 Å². The molecule has 0 bridgehead atoms. The SMILES string of the molecule is COC(=O)c1ccc(CNC(=O)C(c2ccc(CN3N=C(c4ccccc4OC)OCC3=O)cc2)C2CCCC2)cc1. The smallest absolute Gasteiger partial charge is 0.337 e. The van der Waals surface area contributed by atoms with Gasteiger partial charge in [-0.1, -0.05) is 61.4 Å². The number of hydrogen-bond donors (Lipinski definition) is 1. The second-order valence-electron chi connectivity index (χ2n) is 10.5. The molecule has 1 heterocycles. The molecule has 2 amide bonds. The van der Waals surface area contributed by atoms with Crippen LogP contribution in [0.2, 0.25) is 0 Å². The minimum absolute atomic E-state index is 0.0129. The van der Waals surface area contributed by atoms with E-state index < -0.39 is 5.97 Å². The lowest BCUT2D eigenvalue weighted by atomic mass is 9.83. The van der Waals surface area contributed by atoms with Crippen molar-refractivity contribution in [3.63, 3.8) is 0 Å². The molecule has 1 unspecified atom stereocenters. The fourth-order valence-electron chi connectivity index (χ4n) is 5.58. The van der Waals surface area contributed by atoms with Gasteiger partial charge in [0.15, 0.2) is 6.61 Å². The van der Waals surface area contributed by atoms with Crippen molar-refractivity contribution in [2.24, 2.45) is 11.0 Å². The first-order valence-electron chi connectivity index (χ1n) is 14.2. The molecule has 2 aliphatic rings. The maximum atomic E-state index is 13.5. The summed E-state index contributed by atoms with van der Waals surface area (Å²) in [6.07, 6.45) is 4.26. The highest BCUT2D eigenvalue weighted by Crippen LogP contribution is 2.38. The highest BCUT2D eigenvalue weighted by molar-refractivity contribution is 6.00. The quantitative estimate of drug-likeness (QED) is 0.352. The number of esters is 1. The van der Waals surface area contributed by atoms with Gasteiger partial charge in [0.05, 0.1) is 37.8 Å². The van der Waals surface area contributed by atoms with Gasteiger partial charge < -0.3 is 19.5 Å². The van der Waals surface area contributed by atoms with Crippen LogP contribution in [0.15, 0.2) is 77.9 Å². The van der Waals surface area contributed by atoms with Gasteiger partial charge >= 0.3 is 5.97 Å². The number of amides is 2. The van der Waals surface area contributed by atoms with Crippen molar-refractivity contribution in [2.45, 2.75) is 44.7 Å². The third-order valence-corrected chi connectivity index (χ3v) is 7.84. The van der Waals surface area contributed by atoms with E-state index in [9.17, 15) is 14.4 Å². The fourth-order valence-corrected chi connectivity index (χ4v) is 5.58. The average Bonchev–Trinajstić information content (AvgIpc) is 3.56. The fraction of sp³-hybridized carbons (Fsp3) is 0.333. The Morgan fingerprint density at radius 1 is 0.976 bits per heavy atom. The summed E-state index contributed by atoms with van der Waals surface area (Å²) >= 11 is 0. The van der Waals surface area contributed by atoms with Crippen LogP contribution in [-0.2, 0) is 32.2 Å². The molecule has 3 aromatic rings. The normalized spacial score (nSPS) is 15.9. The summed E-state index contributed by atoms with van der Waals surface area (Å²) in [6.45, 7) is 0.542. The van der Waals surface area contributed by atoms with E-state index in [2.05, 4.69) is 10.4 Å². The highest BCUT2D eigenvalue weighted by atomic mass is 16.5. The standard InChI is InChI=1S/C33H35N3O6/c1-40-28-10-6-5-9-27(28)32-35-36(29(37)21-42-32)20-23-13-15-25(16-14-23)30(24-7-3-4-8-24)31(38)34-19-22-11-17-26(18-12-22)33(39)41-2/h5-6,9-18,24,30H,3-4,7-8,19-21H2,1-2H3,(H,34,38). The van der Waals surface area contributed by atoms with Crippen LogP contribution in [0.25, 0.3) is 0 Å². The number of rotatable bonds is 10. The molecule has 1 N–H and O–H groups in total. The largest absolute Gasteiger partial charge is 0.496 e. The summed E-state index contributed by atoms with van der Waals surface area (Å²) in [5, 5.41) is 8.98. The van der Waals surface area contributed by atoms with Crippen LogP contribution in [0.4, 0.5) is 0 Å². The lowest BCUT2D eigenvalue weighted by Gasteiger charge is -2.25. The van der Waals surface area contributed by atoms with E-state index in [1.807, 2.05) is 60.7 Å². The van der Waals surface area contributed by atoms with Crippen molar-refractivity contribution in [2.75, 3.05) is 20.8 Å². The van der Waals surface area contributed by atoms with Gasteiger partial charge in [-0.15, -0.1) is 5.10 Å². The van der Waals surface area contributed by atoms with Crippen molar-refractivity contribution in [1.29, 1.82) is 0 Å². The summed E-state index contributed by atoms with van der Waals surface area (Å²) in [7, 11) is 2.93. The maximum absolute atomic E-state index is 13.5. The number of carbonyl (C=O) groups is 3. The Bertz CT molecular complexity index is 1450. The lowest BCUT2D eigenvalue weighted by Crippen LogP contribution is -2.36. The Morgan fingerprint density at radius 3 is 2.36 bits per heavy atom. The molecule has 1 saturated carbocycles. The van der Waals surface area contributed by atoms with E-state index in [1.165, 1.54) is 12.1 Å². The van der Waals surface area contributed by atoms with Crippen LogP contribution in [0.1, 0.15) is 64.2 Å². The molecule has 5 rings (SSSR count). The lowest BCUT2D eigenvalue weighted by molar-refractivity contribution is -0.136. The van der Waals surface area contributed by atoms with Gasteiger partial charge in [-0.2, -0.15) is 0 Å². The first kappa shape index (κ1) is 28.9. The summed E-state index contributed by atoms with van der Waals surface area (Å²) in [6, 6.07) is 22.3. The predicted octanol–water partition coefficient (Wildman–Crippen LogP) is 4.79. The van der Waals surface area contributed by atoms with E-state index in [0.29, 0.717) is 29.3 Å². The number of benzene rings is 3. The van der Waals surface area contributed by atoms with E-state index in [4.69, 9.17) is 14.2 Å². The molecule has 218 valence electrons. The molecular formula is C33H35N3O6. The van der Waals surface area contributed by atoms with Crippen molar-refractivity contribution in [1.82, 2.24) is 10.3 Å². The number of carbonyl (C=O) groups excluding carboxylic acids is 3. The van der Waals surface area contributed by atoms with Gasteiger partial charge in [-0.3, -0.25) is 9.59 Å². The van der Waals surface area contributed by atoms with E-state index >= 15 is 0 Å². The average molecular weight is 570 g/mol. The molecule has 42 heavy (non-hydrogen) atoms. The Kier molecular flexibility index (Phi) is 9.16. The molecule has 1 aliphatic carbocycles. The minimum Gasteiger partial charge on any atom is -0.496 e. The first-order valence-corrected chi connectivity index (χ1v) is 14.2. The molecule has 9 nitrogen and oxygen atoms in total. The molecule has 1 aliphatic heterocycles. The molecule has 1 fully saturated rings. The highest BCUT2D eigenvalue weighted by Gasteiger charge is 2.32. The van der Waals surface area contributed by atoms with Crippen LogP contribution < -0.4 is 10.1 Å². The van der Waals surface area contributed by atoms with Gasteiger partial charge in [0.2, 0.25) is 11.8 Å². The number of ether oxygens (including phenoxy) is 3. The van der Waals surface area contributed by atoms with E-state index in [-0.39, 0.29) is 36.8 Å². The first-order chi connectivity index (χ1) is 20.5. The number of hydrogen-bond acceptors (Lipinski definition) is 7. The summed E-state index contributed by atoms with van der Waals surface area (Å²) in [5.41, 5.74) is 3.90. The Balaban J connectivity index is 1.28. The second kappa shape index (κ2) is 13.3.